The molecule has 3 aliphatic carbocycles. The highest BCUT2D eigenvalue weighted by Crippen LogP contribution is 2.56. The zero-order valence-corrected chi connectivity index (χ0v) is 24.9. The van der Waals surface area contributed by atoms with Gasteiger partial charge < -0.3 is 10.0 Å². The number of carbonyl (C=O) groups is 4. The lowest BCUT2D eigenvalue weighted by atomic mass is 9.59. The Balaban J connectivity index is 1.49. The van der Waals surface area contributed by atoms with E-state index in [4.69, 9.17) is 11.6 Å². The molecule has 14 heteroatoms. The van der Waals surface area contributed by atoms with Crippen molar-refractivity contribution < 1.29 is 34.1 Å². The number of aromatic hydroxyl groups is 1. The molecule has 2 aromatic rings. The maximum Gasteiger partial charge on any atom is 0.301 e. The maximum absolute atomic E-state index is 14.2. The van der Waals surface area contributed by atoms with Gasteiger partial charge in [0.2, 0.25) is 11.8 Å². The molecule has 4 atom stereocenters. The van der Waals surface area contributed by atoms with Crippen LogP contribution >= 0.6 is 11.6 Å². The summed E-state index contributed by atoms with van der Waals surface area (Å²) in [7, 11) is 2.80. The molecule has 6 rings (SSSR count). The molecule has 1 heterocycles. The molecule has 0 bridgehead atoms. The number of hydrogen-bond acceptors (Lipinski definition) is 10. The van der Waals surface area contributed by atoms with Gasteiger partial charge >= 0.3 is 11.4 Å². The van der Waals surface area contributed by atoms with Gasteiger partial charge in [-0.15, -0.1) is 0 Å². The number of ketones is 2. The second-order valence-electron chi connectivity index (χ2n) is 11.7. The van der Waals surface area contributed by atoms with E-state index in [1.807, 2.05) is 0 Å². The highest BCUT2D eigenvalue weighted by molar-refractivity contribution is 6.32. The quantitative estimate of drug-likeness (QED) is 0.161. The predicted octanol–water partition coefficient (Wildman–Crippen LogP) is 4.56. The molecule has 0 radical (unpaired) electrons. The van der Waals surface area contributed by atoms with Gasteiger partial charge in [0.1, 0.15) is 5.75 Å². The lowest BCUT2D eigenvalue weighted by Crippen LogP contribution is -2.40. The largest absolute Gasteiger partial charge is 0.508 e. The number of nitrogens with zero attached hydrogens (tertiary/aromatic N) is 4. The lowest BCUT2D eigenvalue weighted by Gasteiger charge is -2.42. The lowest BCUT2D eigenvalue weighted by molar-refractivity contribution is -0.392. The third kappa shape index (κ3) is 4.45. The highest BCUT2D eigenvalue weighted by atomic mass is 35.5. The Morgan fingerprint density at radius 1 is 0.978 bits per heavy atom. The number of allylic oxidation sites excluding steroid dienone is 6. The number of nitro benzene ring substituents is 2. The van der Waals surface area contributed by atoms with E-state index < -0.39 is 62.5 Å². The van der Waals surface area contributed by atoms with E-state index >= 15 is 0 Å². The first-order chi connectivity index (χ1) is 21.2. The second-order valence-corrected chi connectivity index (χ2v) is 12.1. The van der Waals surface area contributed by atoms with Crippen LogP contribution in [0.4, 0.5) is 22.7 Å². The zero-order chi connectivity index (χ0) is 32.6. The van der Waals surface area contributed by atoms with Gasteiger partial charge in [-0.25, -0.2) is 4.90 Å². The fourth-order valence-corrected chi connectivity index (χ4v) is 7.46. The summed E-state index contributed by atoms with van der Waals surface area (Å²) in [5, 5.41) is 34.1. The third-order valence-electron chi connectivity index (χ3n) is 9.01. The molecule has 0 saturated carbocycles. The number of carbonyl (C=O) groups excluding carboxylic acids is 4. The predicted molar refractivity (Wildman–Crippen MR) is 161 cm³/mol. The summed E-state index contributed by atoms with van der Waals surface area (Å²) in [6.07, 6.45) is 3.06. The number of benzene rings is 2. The van der Waals surface area contributed by atoms with Gasteiger partial charge in [0, 0.05) is 53.9 Å². The van der Waals surface area contributed by atoms with Crippen molar-refractivity contribution in [3.05, 3.63) is 95.6 Å². The first kappa shape index (κ1) is 29.9. The summed E-state index contributed by atoms with van der Waals surface area (Å²) >= 11 is 6.56. The van der Waals surface area contributed by atoms with Gasteiger partial charge in [0.05, 0.1) is 27.4 Å². The fourth-order valence-electron chi connectivity index (χ4n) is 7.18. The van der Waals surface area contributed by atoms with Crippen molar-refractivity contribution in [2.24, 2.45) is 17.8 Å². The number of fused-ring (bicyclic) bond motifs is 3. The fraction of sp³-hybridized carbons (Fsp3) is 0.290. The summed E-state index contributed by atoms with van der Waals surface area (Å²) in [6.45, 7) is 1.54. The number of hydrogen-bond donors (Lipinski definition) is 1. The molecule has 13 nitrogen and oxygen atoms in total. The molecule has 1 aliphatic heterocycles. The Morgan fingerprint density at radius 2 is 1.62 bits per heavy atom. The Kier molecular flexibility index (Phi) is 6.96. The number of imide groups is 1. The molecule has 45 heavy (non-hydrogen) atoms. The van der Waals surface area contributed by atoms with Gasteiger partial charge in [0.25, 0.3) is 0 Å². The topological polar surface area (TPSA) is 181 Å². The van der Waals surface area contributed by atoms with Gasteiger partial charge in [-0.1, -0.05) is 29.3 Å². The summed E-state index contributed by atoms with van der Waals surface area (Å²) in [4.78, 5) is 79.1. The Morgan fingerprint density at radius 3 is 2.20 bits per heavy atom. The number of nitro groups is 2. The van der Waals surface area contributed by atoms with Gasteiger partial charge in [-0.05, 0) is 49.5 Å². The Bertz CT molecular complexity index is 1860. The summed E-state index contributed by atoms with van der Waals surface area (Å²) < 4.78 is 0. The van der Waals surface area contributed by atoms with Crippen molar-refractivity contribution >= 4 is 57.7 Å². The van der Waals surface area contributed by atoms with E-state index in [9.17, 15) is 44.5 Å². The van der Waals surface area contributed by atoms with Crippen LogP contribution in [0.15, 0.2) is 64.8 Å². The van der Waals surface area contributed by atoms with Crippen molar-refractivity contribution in [2.75, 3.05) is 23.9 Å². The van der Waals surface area contributed by atoms with E-state index in [-0.39, 0.29) is 57.5 Å². The molecule has 1 N–H and O–H groups in total. The Labute approximate surface area is 260 Å². The van der Waals surface area contributed by atoms with Crippen LogP contribution < -0.4 is 9.80 Å². The van der Waals surface area contributed by atoms with Crippen LogP contribution in [-0.2, 0) is 19.2 Å². The zero-order valence-electron chi connectivity index (χ0n) is 24.1. The average Bonchev–Trinajstić information content (AvgIpc) is 3.23. The maximum atomic E-state index is 14.2. The minimum atomic E-state index is -1.02. The number of halogens is 1. The number of anilines is 2. The number of Topliss-reactive ketones (excluding diaryl/α,β-unsaturated/α-hetero) is 1. The summed E-state index contributed by atoms with van der Waals surface area (Å²) in [5.74, 6) is -5.77. The van der Waals surface area contributed by atoms with E-state index in [2.05, 4.69) is 0 Å². The van der Waals surface area contributed by atoms with E-state index in [1.54, 1.807) is 12.1 Å². The minimum absolute atomic E-state index is 0.0182. The second kappa shape index (κ2) is 10.5. The van der Waals surface area contributed by atoms with Crippen LogP contribution in [0, 0.1) is 38.0 Å². The van der Waals surface area contributed by atoms with Crippen molar-refractivity contribution in [3.8, 4) is 5.75 Å². The van der Waals surface area contributed by atoms with Gasteiger partial charge in [-0.3, -0.25) is 39.4 Å². The molecule has 4 unspecified atom stereocenters. The van der Waals surface area contributed by atoms with Crippen LogP contribution in [0.1, 0.15) is 31.2 Å². The normalized spacial score (nSPS) is 24.1. The van der Waals surface area contributed by atoms with E-state index in [0.717, 1.165) is 17.0 Å². The molecule has 230 valence electrons. The number of rotatable bonds is 5. The molecular weight excluding hydrogens is 608 g/mol. The van der Waals surface area contributed by atoms with Crippen LogP contribution in [0.5, 0.6) is 5.75 Å². The highest BCUT2D eigenvalue weighted by Gasteiger charge is 2.57. The molecule has 2 amide bonds. The van der Waals surface area contributed by atoms with Gasteiger partial charge in [0.15, 0.2) is 17.3 Å². The molecule has 0 aromatic heterocycles. The first-order valence-electron chi connectivity index (χ1n) is 13.9. The SMILES string of the molecule is CC1=CC(=O)C2=C(C1=O)C(c1ccc(O)cc1Cl)C1=CCC3C(=O)N(c4cc([N+](=O)[O-])c(N(C)C)c([N+](=O)[O-])c4)C(=O)C3C1C2. The molecule has 1 fully saturated rings. The summed E-state index contributed by atoms with van der Waals surface area (Å²) in [5.41, 5.74) is -0.181. The molecule has 1 saturated heterocycles. The van der Waals surface area contributed by atoms with E-state index in [0.29, 0.717) is 11.1 Å². The van der Waals surface area contributed by atoms with Crippen molar-refractivity contribution in [1.82, 2.24) is 0 Å². The molecule has 4 aliphatic rings. The molecule has 0 spiro atoms. The standard InChI is InChI=1S/C31H25ClN4O9/c1-13-8-24(38)20-12-19-16(25(27(20)29(13)39)17-5-4-15(37)11-21(17)32)6-7-18-26(19)31(41)34(30(18)40)14-9-22(35(42)43)28(33(2)3)23(10-14)36(44)45/h4-6,8-11,18-19,25-26,37H,7,12H2,1-3H3. The van der Waals surface area contributed by atoms with Crippen LogP contribution in [0.2, 0.25) is 5.02 Å². The summed E-state index contributed by atoms with van der Waals surface area (Å²) in [6, 6.07) is 6.21. The monoisotopic (exact) mass is 632 g/mol. The van der Waals surface area contributed by atoms with Crippen molar-refractivity contribution in [2.45, 2.75) is 25.7 Å². The first-order valence-corrected chi connectivity index (χ1v) is 14.3. The molecular formula is C31H25ClN4O9. The van der Waals surface area contributed by atoms with Gasteiger partial charge in [-0.2, -0.15) is 0 Å². The number of amides is 2. The number of phenolic OH excluding ortho intramolecular Hbond substituents is 1. The van der Waals surface area contributed by atoms with Crippen LogP contribution in [0.25, 0.3) is 0 Å². The van der Waals surface area contributed by atoms with E-state index in [1.165, 1.54) is 44.1 Å². The minimum Gasteiger partial charge on any atom is -0.508 e. The van der Waals surface area contributed by atoms with Crippen LogP contribution in [-0.4, -0.2) is 52.4 Å². The van der Waals surface area contributed by atoms with Crippen molar-refractivity contribution in [3.63, 3.8) is 0 Å². The average molecular weight is 633 g/mol. The number of phenols is 1. The molecule has 2 aromatic carbocycles. The van der Waals surface area contributed by atoms with Crippen LogP contribution in [0.3, 0.4) is 0 Å². The smallest absolute Gasteiger partial charge is 0.301 e. The third-order valence-corrected chi connectivity index (χ3v) is 9.34. The van der Waals surface area contributed by atoms with Crippen molar-refractivity contribution in [1.29, 1.82) is 0 Å². The Hall–Kier alpha value is -5.17.